The number of nitrogen functional groups attached to an aromatic ring is 1. The van der Waals surface area contributed by atoms with Crippen molar-refractivity contribution < 1.29 is 14.6 Å². The average Bonchev–Trinajstić information content (AvgIpc) is 2.96. The minimum absolute atomic E-state index is 0.0475. The van der Waals surface area contributed by atoms with Crippen LogP contribution in [-0.2, 0) is 0 Å². The zero-order valence-electron chi connectivity index (χ0n) is 14.8. The van der Waals surface area contributed by atoms with E-state index in [1.54, 1.807) is 18.2 Å². The third-order valence-electron chi connectivity index (χ3n) is 3.91. The third kappa shape index (κ3) is 3.97. The van der Waals surface area contributed by atoms with Crippen LogP contribution in [0.2, 0.25) is 5.02 Å². The second-order valence-corrected chi connectivity index (χ2v) is 8.30. The number of benzene rings is 1. The highest BCUT2D eigenvalue weighted by molar-refractivity contribution is 7.21. The number of hydrogen-bond acceptors (Lipinski definition) is 7. The molecule has 2 heterocycles. The summed E-state index contributed by atoms with van der Waals surface area (Å²) in [6, 6.07) is 7.23. The Morgan fingerprint density at radius 3 is 2.74 bits per heavy atom. The first kappa shape index (κ1) is 19.3. The molecule has 7 nitrogen and oxygen atoms in total. The Kier molecular flexibility index (Phi) is 5.23. The molecule has 0 aliphatic heterocycles. The highest BCUT2D eigenvalue weighted by atomic mass is 35.5. The van der Waals surface area contributed by atoms with E-state index in [1.807, 2.05) is 19.9 Å². The van der Waals surface area contributed by atoms with Crippen LogP contribution in [0.25, 0.3) is 21.5 Å². The van der Waals surface area contributed by atoms with E-state index in [4.69, 9.17) is 27.8 Å². The molecular weight excluding hydrogens is 388 g/mol. The summed E-state index contributed by atoms with van der Waals surface area (Å²) in [4.78, 5) is 21.3. The topological polar surface area (TPSA) is 124 Å². The molecule has 0 aliphatic carbocycles. The van der Waals surface area contributed by atoms with Gasteiger partial charge in [-0.25, -0.2) is 0 Å². The van der Waals surface area contributed by atoms with Crippen molar-refractivity contribution in [1.82, 2.24) is 9.97 Å². The Hall–Kier alpha value is -2.42. The van der Waals surface area contributed by atoms with Gasteiger partial charge < -0.3 is 21.3 Å². The second kappa shape index (κ2) is 7.30. The Morgan fingerprint density at radius 1 is 1.37 bits per heavy atom. The lowest BCUT2D eigenvalue weighted by Crippen LogP contribution is -2.25. The molecular formula is C18H19ClN4O3S. The third-order valence-corrected chi connectivity index (χ3v) is 5.26. The van der Waals surface area contributed by atoms with Crippen LogP contribution >= 0.6 is 22.9 Å². The fourth-order valence-corrected chi connectivity index (χ4v) is 3.53. The summed E-state index contributed by atoms with van der Waals surface area (Å²) in [6.45, 7) is 3.89. The van der Waals surface area contributed by atoms with Crippen molar-refractivity contribution in [3.8, 4) is 17.3 Å². The zero-order valence-corrected chi connectivity index (χ0v) is 16.4. The van der Waals surface area contributed by atoms with E-state index in [0.29, 0.717) is 26.5 Å². The lowest BCUT2D eigenvalue weighted by Gasteiger charge is -2.21. The summed E-state index contributed by atoms with van der Waals surface area (Å²) in [5, 5.41) is 10.5. The number of fused-ring (bicyclic) bond motifs is 1. The molecule has 0 unspecified atom stereocenters. The standard InChI is InChI=1S/C18H19ClN4O3S/c1-18(2,7-24)8-26-17-22-13(9-4-3-5-10(19)6-9)11-12(20)14(15(21)25)27-16(11)23-17/h3-6,24H,7-8,20H2,1-2H3,(H2,21,25). The number of anilines is 1. The first-order chi connectivity index (χ1) is 12.7. The number of carbonyl (C=O) groups is 1. The molecule has 27 heavy (non-hydrogen) atoms. The molecule has 0 saturated carbocycles. The van der Waals surface area contributed by atoms with Gasteiger partial charge in [-0.3, -0.25) is 4.79 Å². The van der Waals surface area contributed by atoms with Gasteiger partial charge in [-0.05, 0) is 12.1 Å². The molecule has 0 bridgehead atoms. The van der Waals surface area contributed by atoms with E-state index in [-0.39, 0.29) is 29.8 Å². The first-order valence-electron chi connectivity index (χ1n) is 8.11. The number of primary amides is 1. The summed E-state index contributed by atoms with van der Waals surface area (Å²) in [6.07, 6.45) is 0. The molecule has 3 aromatic rings. The zero-order chi connectivity index (χ0) is 19.8. The number of aliphatic hydroxyl groups is 1. The molecule has 0 radical (unpaired) electrons. The summed E-state index contributed by atoms with van der Waals surface area (Å²) in [7, 11) is 0. The molecule has 0 fully saturated rings. The molecule has 3 rings (SSSR count). The molecule has 1 aromatic carbocycles. The normalized spacial score (nSPS) is 11.7. The molecule has 0 spiro atoms. The number of amides is 1. The van der Waals surface area contributed by atoms with Crippen LogP contribution in [0.4, 0.5) is 5.69 Å². The Labute approximate surface area is 164 Å². The largest absolute Gasteiger partial charge is 0.463 e. The molecule has 2 aromatic heterocycles. The van der Waals surface area contributed by atoms with E-state index in [0.717, 1.165) is 11.3 Å². The lowest BCUT2D eigenvalue weighted by atomic mass is 9.97. The van der Waals surface area contributed by atoms with Crippen molar-refractivity contribution in [1.29, 1.82) is 0 Å². The van der Waals surface area contributed by atoms with E-state index < -0.39 is 11.3 Å². The minimum atomic E-state index is -0.628. The van der Waals surface area contributed by atoms with Gasteiger partial charge in [0, 0.05) is 16.0 Å². The van der Waals surface area contributed by atoms with E-state index in [9.17, 15) is 9.90 Å². The highest BCUT2D eigenvalue weighted by Gasteiger charge is 2.23. The summed E-state index contributed by atoms with van der Waals surface area (Å²) in [5.74, 6) is -0.628. The van der Waals surface area contributed by atoms with Crippen LogP contribution < -0.4 is 16.2 Å². The van der Waals surface area contributed by atoms with Crippen LogP contribution in [-0.4, -0.2) is 34.2 Å². The van der Waals surface area contributed by atoms with Crippen molar-refractivity contribution >= 4 is 44.7 Å². The molecule has 5 N–H and O–H groups in total. The number of carbonyl (C=O) groups excluding carboxylic acids is 1. The van der Waals surface area contributed by atoms with Gasteiger partial charge in [-0.15, -0.1) is 11.3 Å². The number of rotatable bonds is 6. The van der Waals surface area contributed by atoms with Crippen molar-refractivity contribution in [3.05, 3.63) is 34.2 Å². The minimum Gasteiger partial charge on any atom is -0.463 e. The van der Waals surface area contributed by atoms with Crippen LogP contribution in [0.3, 0.4) is 0 Å². The van der Waals surface area contributed by atoms with Crippen molar-refractivity contribution in [2.45, 2.75) is 13.8 Å². The molecule has 0 saturated heterocycles. The van der Waals surface area contributed by atoms with Gasteiger partial charge in [-0.1, -0.05) is 37.6 Å². The predicted molar refractivity (Wildman–Crippen MR) is 107 cm³/mol. The van der Waals surface area contributed by atoms with Crippen molar-refractivity contribution in [2.24, 2.45) is 11.1 Å². The van der Waals surface area contributed by atoms with Crippen LogP contribution in [0.5, 0.6) is 6.01 Å². The van der Waals surface area contributed by atoms with E-state index in [1.165, 1.54) is 0 Å². The number of aromatic nitrogens is 2. The fraction of sp³-hybridized carbons (Fsp3) is 0.278. The van der Waals surface area contributed by atoms with E-state index in [2.05, 4.69) is 9.97 Å². The maximum atomic E-state index is 11.7. The van der Waals surface area contributed by atoms with Gasteiger partial charge in [0.15, 0.2) is 0 Å². The number of nitrogens with two attached hydrogens (primary N) is 2. The number of nitrogens with zero attached hydrogens (tertiary/aromatic N) is 2. The molecule has 1 amide bonds. The Morgan fingerprint density at radius 2 is 2.11 bits per heavy atom. The predicted octanol–water partition coefficient (Wildman–Crippen LogP) is 3.09. The van der Waals surface area contributed by atoms with E-state index >= 15 is 0 Å². The van der Waals surface area contributed by atoms with Gasteiger partial charge in [0.05, 0.1) is 30.0 Å². The first-order valence-corrected chi connectivity index (χ1v) is 9.31. The molecule has 9 heteroatoms. The molecule has 0 aliphatic rings. The van der Waals surface area contributed by atoms with Gasteiger partial charge in [-0.2, -0.15) is 9.97 Å². The number of hydrogen-bond donors (Lipinski definition) is 3. The van der Waals surface area contributed by atoms with Gasteiger partial charge >= 0.3 is 6.01 Å². The van der Waals surface area contributed by atoms with Crippen LogP contribution in [0, 0.1) is 5.41 Å². The fourth-order valence-electron chi connectivity index (χ4n) is 2.40. The quantitative estimate of drug-likeness (QED) is 0.577. The number of ether oxygens (including phenoxy) is 1. The highest BCUT2D eigenvalue weighted by Crippen LogP contribution is 2.39. The molecule has 142 valence electrons. The van der Waals surface area contributed by atoms with Crippen molar-refractivity contribution in [3.63, 3.8) is 0 Å². The number of halogens is 1. The SMILES string of the molecule is CC(C)(CO)COc1nc(-c2cccc(Cl)c2)c2c(N)c(C(N)=O)sc2n1. The second-order valence-electron chi connectivity index (χ2n) is 6.87. The van der Waals surface area contributed by atoms with Crippen molar-refractivity contribution in [2.75, 3.05) is 18.9 Å². The van der Waals surface area contributed by atoms with Gasteiger partial charge in [0.2, 0.25) is 0 Å². The summed E-state index contributed by atoms with van der Waals surface area (Å²) in [5.41, 5.74) is 12.6. The molecule has 0 atom stereocenters. The Bertz CT molecular complexity index is 1020. The number of aliphatic hydroxyl groups excluding tert-OH is 1. The smallest absolute Gasteiger partial charge is 0.318 e. The maximum Gasteiger partial charge on any atom is 0.318 e. The van der Waals surface area contributed by atoms with Gasteiger partial charge in [0.1, 0.15) is 9.71 Å². The number of thiophene rings is 1. The Balaban J connectivity index is 2.18. The summed E-state index contributed by atoms with van der Waals surface area (Å²) >= 11 is 7.20. The van der Waals surface area contributed by atoms with Crippen LogP contribution in [0.15, 0.2) is 24.3 Å². The lowest BCUT2D eigenvalue weighted by molar-refractivity contribution is 0.0927. The monoisotopic (exact) mass is 406 g/mol. The van der Waals surface area contributed by atoms with Crippen LogP contribution in [0.1, 0.15) is 23.5 Å². The summed E-state index contributed by atoms with van der Waals surface area (Å²) < 4.78 is 5.71. The average molecular weight is 407 g/mol. The van der Waals surface area contributed by atoms with Gasteiger partial charge in [0.25, 0.3) is 5.91 Å². The maximum absolute atomic E-state index is 11.7.